The summed E-state index contributed by atoms with van der Waals surface area (Å²) in [6, 6.07) is 20.6. The van der Waals surface area contributed by atoms with E-state index in [1.54, 1.807) is 13.8 Å². The third kappa shape index (κ3) is 7.26. The smallest absolute Gasteiger partial charge is 0.255 e. The molecule has 190 valence electrons. The number of hydrazone groups is 1. The number of aryl methyl sites for hydroxylation is 3. The molecule has 0 bridgehead atoms. The van der Waals surface area contributed by atoms with Gasteiger partial charge < -0.3 is 4.74 Å². The van der Waals surface area contributed by atoms with Crippen molar-refractivity contribution < 1.29 is 17.9 Å². The lowest BCUT2D eigenvalue weighted by Gasteiger charge is -2.24. The maximum absolute atomic E-state index is 13.7. The first-order chi connectivity index (χ1) is 17.2. The molecule has 0 aliphatic rings. The highest BCUT2D eigenvalue weighted by Crippen LogP contribution is 2.25. The molecule has 0 heterocycles. The molecule has 7 nitrogen and oxygen atoms in total. The predicted molar refractivity (Wildman–Crippen MR) is 143 cm³/mol. The van der Waals surface area contributed by atoms with Crippen LogP contribution in [0.4, 0.5) is 0 Å². The zero-order valence-electron chi connectivity index (χ0n) is 21.2. The van der Waals surface area contributed by atoms with Crippen molar-refractivity contribution >= 4 is 22.1 Å². The molecule has 0 aromatic heterocycles. The molecule has 36 heavy (non-hydrogen) atoms. The van der Waals surface area contributed by atoms with Gasteiger partial charge >= 0.3 is 0 Å². The summed E-state index contributed by atoms with van der Waals surface area (Å²) in [7, 11) is -3.93. The molecule has 3 aromatic carbocycles. The van der Waals surface area contributed by atoms with Crippen molar-refractivity contribution in [2.45, 2.75) is 39.0 Å². The summed E-state index contributed by atoms with van der Waals surface area (Å²) in [6.07, 6.45) is 1.98. The fourth-order valence-corrected chi connectivity index (χ4v) is 5.89. The molecule has 3 rings (SSSR count). The molecule has 0 atom stereocenters. The van der Waals surface area contributed by atoms with Gasteiger partial charge in [0.2, 0.25) is 10.0 Å². The maximum Gasteiger partial charge on any atom is 0.255 e. The summed E-state index contributed by atoms with van der Waals surface area (Å²) in [6.45, 7) is 7.80. The van der Waals surface area contributed by atoms with E-state index in [-0.39, 0.29) is 18.0 Å². The molecule has 1 amide bonds. The number of hydrogen-bond donors (Lipinski definition) is 1. The van der Waals surface area contributed by atoms with Crippen LogP contribution in [0, 0.1) is 20.8 Å². The summed E-state index contributed by atoms with van der Waals surface area (Å²) in [5.41, 5.74) is 6.52. The minimum atomic E-state index is -3.93. The van der Waals surface area contributed by atoms with E-state index >= 15 is 0 Å². The highest BCUT2D eigenvalue weighted by atomic mass is 32.2. The van der Waals surface area contributed by atoms with Gasteiger partial charge in [-0.3, -0.25) is 4.79 Å². The van der Waals surface area contributed by atoms with Gasteiger partial charge in [0, 0.05) is 6.54 Å². The zero-order valence-corrected chi connectivity index (χ0v) is 22.0. The number of amides is 1. The molecule has 0 saturated heterocycles. The molecule has 0 radical (unpaired) electrons. The number of rotatable bonds is 11. The van der Waals surface area contributed by atoms with Crippen LogP contribution in [0.1, 0.15) is 34.7 Å². The van der Waals surface area contributed by atoms with Crippen LogP contribution in [0.25, 0.3) is 0 Å². The van der Waals surface area contributed by atoms with Crippen LogP contribution >= 0.6 is 0 Å². The fourth-order valence-electron chi connectivity index (χ4n) is 4.08. The lowest BCUT2D eigenvalue weighted by molar-refractivity contribution is -0.121. The number of ether oxygens (including phenoxy) is 1. The first-order valence-electron chi connectivity index (χ1n) is 11.9. The van der Waals surface area contributed by atoms with Crippen LogP contribution in [-0.4, -0.2) is 44.5 Å². The molecular formula is C28H33N3O4S. The fraction of sp³-hybridized carbons (Fsp3) is 0.286. The van der Waals surface area contributed by atoms with E-state index in [2.05, 4.69) is 10.5 Å². The molecule has 1 N–H and O–H groups in total. The van der Waals surface area contributed by atoms with Crippen molar-refractivity contribution in [1.82, 2.24) is 9.73 Å². The number of benzene rings is 3. The van der Waals surface area contributed by atoms with Gasteiger partial charge in [-0.05, 0) is 80.6 Å². The number of carbonyl (C=O) groups excluding carboxylic acids is 1. The van der Waals surface area contributed by atoms with Gasteiger partial charge in [-0.15, -0.1) is 0 Å². The second-order valence-corrected chi connectivity index (χ2v) is 10.5. The highest BCUT2D eigenvalue weighted by molar-refractivity contribution is 7.89. The number of sulfonamides is 1. The average Bonchev–Trinajstić information content (AvgIpc) is 2.82. The standard InChI is InChI=1S/C28H33N3O4S/c1-5-35-26-13-11-25(12-14-26)19-29-30-27(32)20-31(16-15-24-9-7-6-8-10-24)36(33,34)28-22(3)17-21(2)18-23(28)4/h6-14,17-19H,5,15-16,20H2,1-4H3,(H,30,32)/b29-19+. The van der Waals surface area contributed by atoms with Crippen molar-refractivity contribution in [1.29, 1.82) is 0 Å². The molecule has 0 aliphatic carbocycles. The van der Waals surface area contributed by atoms with E-state index in [1.807, 2.05) is 80.6 Å². The van der Waals surface area contributed by atoms with Crippen molar-refractivity contribution in [3.63, 3.8) is 0 Å². The molecule has 0 unspecified atom stereocenters. The summed E-state index contributed by atoms with van der Waals surface area (Å²) in [5, 5.41) is 4.00. The monoisotopic (exact) mass is 507 g/mol. The summed E-state index contributed by atoms with van der Waals surface area (Å²) in [5.74, 6) is 0.232. The predicted octanol–water partition coefficient (Wildman–Crippen LogP) is 4.39. The van der Waals surface area contributed by atoms with Gasteiger partial charge in [-0.2, -0.15) is 9.41 Å². The quantitative estimate of drug-likeness (QED) is 0.308. The van der Waals surface area contributed by atoms with Gasteiger partial charge in [0.05, 0.1) is 24.3 Å². The van der Waals surface area contributed by atoms with Crippen LogP contribution in [0.3, 0.4) is 0 Å². The van der Waals surface area contributed by atoms with Gasteiger partial charge in [0.15, 0.2) is 0 Å². The molecule has 0 spiro atoms. The van der Waals surface area contributed by atoms with Gasteiger partial charge in [-0.1, -0.05) is 48.0 Å². The van der Waals surface area contributed by atoms with E-state index < -0.39 is 15.9 Å². The Balaban J connectivity index is 1.77. The second kappa shape index (κ2) is 12.5. The summed E-state index contributed by atoms with van der Waals surface area (Å²) >= 11 is 0. The molecular weight excluding hydrogens is 474 g/mol. The Labute approximate surface area is 213 Å². The van der Waals surface area contributed by atoms with Crippen molar-refractivity contribution in [2.75, 3.05) is 19.7 Å². The van der Waals surface area contributed by atoms with E-state index in [1.165, 1.54) is 10.5 Å². The lowest BCUT2D eigenvalue weighted by Crippen LogP contribution is -2.41. The summed E-state index contributed by atoms with van der Waals surface area (Å²) in [4.78, 5) is 13.0. The Hall–Kier alpha value is -3.49. The third-order valence-electron chi connectivity index (χ3n) is 5.61. The average molecular weight is 508 g/mol. The Bertz CT molecular complexity index is 1280. The molecule has 0 saturated carbocycles. The van der Waals surface area contributed by atoms with Crippen molar-refractivity contribution in [3.05, 3.63) is 94.5 Å². The highest BCUT2D eigenvalue weighted by Gasteiger charge is 2.29. The largest absolute Gasteiger partial charge is 0.494 e. The van der Waals surface area contributed by atoms with E-state index in [0.29, 0.717) is 24.2 Å². The molecule has 0 fully saturated rings. The number of nitrogens with zero attached hydrogens (tertiary/aromatic N) is 2. The molecule has 3 aromatic rings. The molecule has 8 heteroatoms. The number of nitrogens with one attached hydrogen (secondary N) is 1. The Kier molecular flexibility index (Phi) is 9.38. The maximum atomic E-state index is 13.7. The Morgan fingerprint density at radius 1 is 1.00 bits per heavy atom. The first-order valence-corrected chi connectivity index (χ1v) is 13.3. The normalized spacial score (nSPS) is 11.7. The Morgan fingerprint density at radius 2 is 1.64 bits per heavy atom. The van der Waals surface area contributed by atoms with Crippen molar-refractivity contribution in [2.24, 2.45) is 5.10 Å². The van der Waals surface area contributed by atoms with E-state index in [0.717, 1.165) is 22.4 Å². The minimum Gasteiger partial charge on any atom is -0.494 e. The van der Waals surface area contributed by atoms with Gasteiger partial charge in [-0.25, -0.2) is 13.8 Å². The van der Waals surface area contributed by atoms with Crippen LogP contribution in [-0.2, 0) is 21.2 Å². The van der Waals surface area contributed by atoms with Gasteiger partial charge in [0.1, 0.15) is 5.75 Å². The van der Waals surface area contributed by atoms with Crippen LogP contribution in [0.2, 0.25) is 0 Å². The zero-order chi connectivity index (χ0) is 26.1. The second-order valence-electron chi connectivity index (χ2n) is 8.60. The summed E-state index contributed by atoms with van der Waals surface area (Å²) < 4.78 is 34.1. The topological polar surface area (TPSA) is 88.1 Å². The van der Waals surface area contributed by atoms with Gasteiger partial charge in [0.25, 0.3) is 5.91 Å². The van der Waals surface area contributed by atoms with Crippen LogP contribution < -0.4 is 10.2 Å². The van der Waals surface area contributed by atoms with Crippen LogP contribution in [0.15, 0.2) is 76.7 Å². The molecule has 0 aliphatic heterocycles. The lowest BCUT2D eigenvalue weighted by atomic mass is 10.1. The van der Waals surface area contributed by atoms with E-state index in [9.17, 15) is 13.2 Å². The number of hydrogen-bond acceptors (Lipinski definition) is 5. The van der Waals surface area contributed by atoms with Crippen molar-refractivity contribution in [3.8, 4) is 5.75 Å². The number of carbonyl (C=O) groups is 1. The van der Waals surface area contributed by atoms with E-state index in [4.69, 9.17) is 4.74 Å². The van der Waals surface area contributed by atoms with Crippen LogP contribution in [0.5, 0.6) is 5.75 Å². The first kappa shape index (κ1) is 27.1. The minimum absolute atomic E-state index is 0.162. The Morgan fingerprint density at radius 3 is 2.25 bits per heavy atom. The third-order valence-corrected chi connectivity index (χ3v) is 7.76. The SMILES string of the molecule is CCOc1ccc(/C=N/NC(=O)CN(CCc2ccccc2)S(=O)(=O)c2c(C)cc(C)cc2C)cc1.